The zero-order valence-corrected chi connectivity index (χ0v) is 13.9. The molecule has 2 heterocycles. The van der Waals surface area contributed by atoms with Crippen LogP contribution >= 0.6 is 0 Å². The van der Waals surface area contributed by atoms with Crippen LogP contribution in [0.1, 0.15) is 25.7 Å². The lowest BCUT2D eigenvalue weighted by molar-refractivity contribution is 0.342. The summed E-state index contributed by atoms with van der Waals surface area (Å²) >= 11 is 0. The molecule has 0 radical (unpaired) electrons. The van der Waals surface area contributed by atoms with E-state index in [4.69, 9.17) is 4.78 Å². The van der Waals surface area contributed by atoms with Gasteiger partial charge in [-0.3, -0.25) is 8.99 Å². The first-order valence-electron chi connectivity index (χ1n) is 7.66. The Morgan fingerprint density at radius 1 is 1.36 bits per heavy atom. The Kier molecular flexibility index (Phi) is 4.08. The summed E-state index contributed by atoms with van der Waals surface area (Å²) < 4.78 is 19.3. The van der Waals surface area contributed by atoms with E-state index < -0.39 is 9.73 Å². The number of fused-ring (bicyclic) bond motifs is 1. The SMILES string of the molecule is CN(c1ncnc2[nH]ccc12)C1CCC(CS(C)(=N)=O)CC1. The first-order chi connectivity index (χ1) is 10.4. The van der Waals surface area contributed by atoms with E-state index in [0.717, 1.165) is 42.5 Å². The summed E-state index contributed by atoms with van der Waals surface area (Å²) in [6, 6.07) is 2.46. The van der Waals surface area contributed by atoms with Gasteiger partial charge in [0.15, 0.2) is 0 Å². The van der Waals surface area contributed by atoms with Crippen molar-refractivity contribution in [2.75, 3.05) is 24.0 Å². The molecular formula is C15H23N5OS. The lowest BCUT2D eigenvalue weighted by Crippen LogP contribution is -2.36. The number of nitrogens with zero attached hydrogens (tertiary/aromatic N) is 3. The van der Waals surface area contributed by atoms with E-state index >= 15 is 0 Å². The van der Waals surface area contributed by atoms with Crippen molar-refractivity contribution >= 4 is 26.6 Å². The second kappa shape index (κ2) is 5.87. The average molecular weight is 321 g/mol. The maximum Gasteiger partial charge on any atom is 0.142 e. The van der Waals surface area contributed by atoms with Gasteiger partial charge in [-0.05, 0) is 37.7 Å². The van der Waals surface area contributed by atoms with Crippen LogP contribution in [0.15, 0.2) is 18.6 Å². The molecule has 7 heteroatoms. The molecule has 1 atom stereocenters. The predicted octanol–water partition coefficient (Wildman–Crippen LogP) is 2.63. The van der Waals surface area contributed by atoms with E-state index in [9.17, 15) is 4.21 Å². The minimum absolute atomic E-state index is 0.428. The van der Waals surface area contributed by atoms with Crippen LogP contribution in [0.5, 0.6) is 0 Å². The molecule has 0 saturated heterocycles. The van der Waals surface area contributed by atoms with Crippen LogP contribution in [0, 0.1) is 10.7 Å². The highest BCUT2D eigenvalue weighted by Gasteiger charge is 2.26. The van der Waals surface area contributed by atoms with Gasteiger partial charge in [0, 0.05) is 41.0 Å². The monoisotopic (exact) mass is 321 g/mol. The van der Waals surface area contributed by atoms with Gasteiger partial charge in [0.05, 0.1) is 5.39 Å². The second-order valence-corrected chi connectivity index (χ2v) is 8.74. The molecule has 3 rings (SSSR count). The van der Waals surface area contributed by atoms with Gasteiger partial charge < -0.3 is 9.88 Å². The van der Waals surface area contributed by atoms with Gasteiger partial charge in [-0.1, -0.05) is 0 Å². The van der Waals surface area contributed by atoms with Gasteiger partial charge in [0.2, 0.25) is 0 Å². The van der Waals surface area contributed by atoms with Crippen LogP contribution in [-0.4, -0.2) is 44.3 Å². The molecule has 0 aromatic carbocycles. The molecule has 22 heavy (non-hydrogen) atoms. The van der Waals surface area contributed by atoms with Gasteiger partial charge in [-0.15, -0.1) is 0 Å². The topological polar surface area (TPSA) is 85.7 Å². The van der Waals surface area contributed by atoms with Gasteiger partial charge in [-0.25, -0.2) is 9.97 Å². The standard InChI is InChI=1S/C15H23N5OS/c1-20(15-13-7-8-17-14(13)18-10-19-15)12-5-3-11(4-6-12)9-22(2,16)21/h7-8,10-12,16H,3-6,9H2,1-2H3,(H,17,18,19). The Morgan fingerprint density at radius 3 is 2.77 bits per heavy atom. The van der Waals surface area contributed by atoms with Crippen molar-refractivity contribution in [3.8, 4) is 0 Å². The zero-order chi connectivity index (χ0) is 15.7. The summed E-state index contributed by atoms with van der Waals surface area (Å²) in [6.07, 6.45) is 9.25. The molecule has 1 aliphatic carbocycles. The van der Waals surface area contributed by atoms with E-state index in [-0.39, 0.29) is 0 Å². The van der Waals surface area contributed by atoms with Crippen molar-refractivity contribution in [3.63, 3.8) is 0 Å². The number of hydrogen-bond donors (Lipinski definition) is 2. The molecule has 1 unspecified atom stereocenters. The Labute approximate surface area is 131 Å². The first kappa shape index (κ1) is 15.3. The van der Waals surface area contributed by atoms with E-state index in [1.54, 1.807) is 12.6 Å². The highest BCUT2D eigenvalue weighted by atomic mass is 32.2. The Balaban J connectivity index is 1.70. The van der Waals surface area contributed by atoms with Crippen LogP contribution in [0.4, 0.5) is 5.82 Å². The third-order valence-electron chi connectivity index (χ3n) is 4.58. The summed E-state index contributed by atoms with van der Waals surface area (Å²) in [4.78, 5) is 14.1. The largest absolute Gasteiger partial charge is 0.356 e. The number of nitrogens with one attached hydrogen (secondary N) is 2. The fourth-order valence-electron chi connectivity index (χ4n) is 3.46. The molecule has 0 amide bonds. The molecule has 2 aromatic rings. The smallest absolute Gasteiger partial charge is 0.142 e. The van der Waals surface area contributed by atoms with E-state index in [1.165, 1.54) is 0 Å². The van der Waals surface area contributed by atoms with Gasteiger partial charge in [-0.2, -0.15) is 0 Å². The normalized spacial score (nSPS) is 25.0. The van der Waals surface area contributed by atoms with E-state index in [0.29, 0.717) is 17.7 Å². The van der Waals surface area contributed by atoms with Crippen LogP contribution in [0.3, 0.4) is 0 Å². The lowest BCUT2D eigenvalue weighted by Gasteiger charge is -2.35. The third-order valence-corrected chi connectivity index (χ3v) is 5.69. The average Bonchev–Trinajstić information content (AvgIpc) is 2.94. The molecule has 2 N–H and O–H groups in total. The van der Waals surface area contributed by atoms with Crippen molar-refractivity contribution in [1.82, 2.24) is 15.0 Å². The van der Waals surface area contributed by atoms with E-state index in [2.05, 4.69) is 26.9 Å². The molecule has 0 bridgehead atoms. The Bertz CT molecular complexity index is 746. The maximum atomic E-state index is 11.6. The lowest BCUT2D eigenvalue weighted by atomic mass is 9.86. The zero-order valence-electron chi connectivity index (χ0n) is 13.1. The first-order valence-corrected chi connectivity index (χ1v) is 9.80. The third kappa shape index (κ3) is 3.24. The number of aromatic amines is 1. The molecule has 1 fully saturated rings. The van der Waals surface area contributed by atoms with Crippen molar-refractivity contribution in [1.29, 1.82) is 4.78 Å². The van der Waals surface area contributed by atoms with Crippen molar-refractivity contribution < 1.29 is 4.21 Å². The summed E-state index contributed by atoms with van der Waals surface area (Å²) in [6.45, 7) is 0. The molecular weight excluding hydrogens is 298 g/mol. The summed E-state index contributed by atoms with van der Waals surface area (Å²) in [5, 5.41) is 1.05. The summed E-state index contributed by atoms with van der Waals surface area (Å²) in [7, 11) is -0.283. The Hall–Kier alpha value is -1.63. The fourth-order valence-corrected chi connectivity index (χ4v) is 4.69. The number of hydrogen-bond acceptors (Lipinski definition) is 5. The van der Waals surface area contributed by atoms with Crippen molar-refractivity contribution in [3.05, 3.63) is 18.6 Å². The van der Waals surface area contributed by atoms with Gasteiger partial charge >= 0.3 is 0 Å². The Morgan fingerprint density at radius 2 is 2.09 bits per heavy atom. The molecule has 120 valence electrons. The number of anilines is 1. The minimum atomic E-state index is -2.37. The van der Waals surface area contributed by atoms with Gasteiger partial charge in [0.1, 0.15) is 17.8 Å². The van der Waals surface area contributed by atoms with Crippen LogP contribution in [0.2, 0.25) is 0 Å². The number of H-pyrrole nitrogens is 1. The van der Waals surface area contributed by atoms with Crippen LogP contribution in [-0.2, 0) is 9.73 Å². The number of aromatic nitrogens is 3. The molecule has 2 aromatic heterocycles. The summed E-state index contributed by atoms with van der Waals surface area (Å²) in [5.41, 5.74) is 0.866. The highest BCUT2D eigenvalue weighted by Crippen LogP contribution is 2.31. The van der Waals surface area contributed by atoms with Crippen molar-refractivity contribution in [2.45, 2.75) is 31.7 Å². The molecule has 6 nitrogen and oxygen atoms in total. The molecule has 1 saturated carbocycles. The maximum absolute atomic E-state index is 11.6. The van der Waals surface area contributed by atoms with Crippen LogP contribution in [0.25, 0.3) is 11.0 Å². The second-order valence-electron chi connectivity index (χ2n) is 6.39. The number of rotatable bonds is 4. The highest BCUT2D eigenvalue weighted by molar-refractivity contribution is 7.91. The molecule has 1 aliphatic rings. The van der Waals surface area contributed by atoms with Gasteiger partial charge in [0.25, 0.3) is 0 Å². The fraction of sp³-hybridized carbons (Fsp3) is 0.600. The van der Waals surface area contributed by atoms with Crippen molar-refractivity contribution in [2.24, 2.45) is 5.92 Å². The quantitative estimate of drug-likeness (QED) is 0.906. The molecule has 0 aliphatic heterocycles. The van der Waals surface area contributed by atoms with E-state index in [1.807, 2.05) is 12.3 Å². The summed E-state index contributed by atoms with van der Waals surface area (Å²) in [5.74, 6) is 1.94. The predicted molar refractivity (Wildman–Crippen MR) is 89.7 cm³/mol. The molecule has 0 spiro atoms. The minimum Gasteiger partial charge on any atom is -0.356 e. The van der Waals surface area contributed by atoms with Crippen LogP contribution < -0.4 is 4.90 Å².